The van der Waals surface area contributed by atoms with Crippen LogP contribution < -0.4 is 10.6 Å². The Balaban J connectivity index is 1.39. The molecule has 2 aromatic carbocycles. The van der Waals surface area contributed by atoms with Crippen LogP contribution in [-0.4, -0.2) is 70.9 Å². The standard InChI is InChI=1S/C23H28N6O2/c1-16-25-19-9-8-18(12-20(19)26-16)27-22(30)15-29-11-10-28(14-21(29)23(31)24-2)13-17-6-4-3-5-7-17/h3-9,12,21H,10-11,13-15H2,1-2H3,(H,24,31)(H,25,26)(H,27,30). The molecule has 0 aliphatic carbocycles. The number of benzene rings is 2. The van der Waals surface area contributed by atoms with Gasteiger partial charge in [0.05, 0.1) is 17.6 Å². The molecule has 0 saturated carbocycles. The van der Waals surface area contributed by atoms with Crippen molar-refractivity contribution in [2.45, 2.75) is 19.5 Å². The van der Waals surface area contributed by atoms with Crippen molar-refractivity contribution in [3.05, 3.63) is 59.9 Å². The van der Waals surface area contributed by atoms with Crippen molar-refractivity contribution in [3.8, 4) is 0 Å². The molecule has 2 amide bonds. The Morgan fingerprint density at radius 2 is 1.97 bits per heavy atom. The minimum Gasteiger partial charge on any atom is -0.358 e. The summed E-state index contributed by atoms with van der Waals surface area (Å²) >= 11 is 0. The summed E-state index contributed by atoms with van der Waals surface area (Å²) in [6.45, 7) is 4.89. The van der Waals surface area contributed by atoms with E-state index in [1.165, 1.54) is 5.56 Å². The highest BCUT2D eigenvalue weighted by molar-refractivity contribution is 5.94. The highest BCUT2D eigenvalue weighted by Crippen LogP contribution is 2.18. The zero-order chi connectivity index (χ0) is 21.8. The molecular weight excluding hydrogens is 392 g/mol. The van der Waals surface area contributed by atoms with Crippen molar-refractivity contribution in [2.24, 2.45) is 0 Å². The Bertz CT molecular complexity index is 1060. The first-order valence-electron chi connectivity index (χ1n) is 10.5. The van der Waals surface area contributed by atoms with Crippen molar-refractivity contribution >= 4 is 28.5 Å². The lowest BCUT2D eigenvalue weighted by molar-refractivity contribution is -0.130. The summed E-state index contributed by atoms with van der Waals surface area (Å²) in [5, 5.41) is 5.69. The van der Waals surface area contributed by atoms with E-state index in [1.54, 1.807) is 7.05 Å². The molecule has 162 valence electrons. The Morgan fingerprint density at radius 3 is 2.74 bits per heavy atom. The molecule has 31 heavy (non-hydrogen) atoms. The van der Waals surface area contributed by atoms with Crippen molar-refractivity contribution in [1.29, 1.82) is 0 Å². The molecule has 4 rings (SSSR count). The minimum absolute atomic E-state index is 0.0695. The normalized spacial score (nSPS) is 17.5. The number of nitrogens with zero attached hydrogens (tertiary/aromatic N) is 3. The number of likely N-dealkylation sites (N-methyl/N-ethyl adjacent to an activating group) is 1. The molecule has 0 radical (unpaired) electrons. The fraction of sp³-hybridized carbons (Fsp3) is 0.348. The predicted octanol–water partition coefficient (Wildman–Crippen LogP) is 1.74. The third-order valence-corrected chi connectivity index (χ3v) is 5.60. The van der Waals surface area contributed by atoms with Gasteiger partial charge in [-0.05, 0) is 30.7 Å². The lowest BCUT2D eigenvalue weighted by Gasteiger charge is -2.40. The molecule has 1 aromatic heterocycles. The van der Waals surface area contributed by atoms with Gasteiger partial charge in [0.2, 0.25) is 11.8 Å². The number of imidazole rings is 1. The van der Waals surface area contributed by atoms with Crippen LogP contribution >= 0.6 is 0 Å². The summed E-state index contributed by atoms with van der Waals surface area (Å²) in [7, 11) is 1.64. The summed E-state index contributed by atoms with van der Waals surface area (Å²) in [4.78, 5) is 37.0. The van der Waals surface area contributed by atoms with Crippen LogP contribution in [0.4, 0.5) is 5.69 Å². The first-order valence-corrected chi connectivity index (χ1v) is 10.5. The van der Waals surface area contributed by atoms with Crippen molar-refractivity contribution in [2.75, 3.05) is 38.5 Å². The molecule has 3 N–H and O–H groups in total. The second kappa shape index (κ2) is 9.28. The topological polar surface area (TPSA) is 93.4 Å². The smallest absolute Gasteiger partial charge is 0.238 e. The SMILES string of the molecule is CNC(=O)C1CN(Cc2ccccc2)CCN1CC(=O)Nc1ccc2nc(C)[nH]c2c1. The molecule has 2 heterocycles. The molecule has 8 heteroatoms. The monoisotopic (exact) mass is 420 g/mol. The van der Waals surface area contributed by atoms with E-state index in [-0.39, 0.29) is 24.4 Å². The number of aromatic amines is 1. The number of hydrogen-bond acceptors (Lipinski definition) is 5. The Morgan fingerprint density at radius 1 is 1.16 bits per heavy atom. The Kier molecular flexibility index (Phi) is 6.29. The first kappa shape index (κ1) is 21.0. The fourth-order valence-electron chi connectivity index (χ4n) is 4.07. The molecule has 8 nitrogen and oxygen atoms in total. The molecule has 1 fully saturated rings. The summed E-state index contributed by atoms with van der Waals surface area (Å²) in [5.41, 5.74) is 3.67. The first-order chi connectivity index (χ1) is 15.0. The number of anilines is 1. The Labute approximate surface area is 181 Å². The van der Waals surface area contributed by atoms with Gasteiger partial charge in [0, 0.05) is 38.9 Å². The van der Waals surface area contributed by atoms with Crippen LogP contribution in [0.3, 0.4) is 0 Å². The van der Waals surface area contributed by atoms with E-state index in [4.69, 9.17) is 0 Å². The van der Waals surface area contributed by atoms with Crippen LogP contribution in [-0.2, 0) is 16.1 Å². The lowest BCUT2D eigenvalue weighted by atomic mass is 10.1. The number of H-pyrrole nitrogens is 1. The van der Waals surface area contributed by atoms with Crippen LogP contribution in [0.15, 0.2) is 48.5 Å². The fourth-order valence-corrected chi connectivity index (χ4v) is 4.07. The van der Waals surface area contributed by atoms with Gasteiger partial charge in [-0.3, -0.25) is 19.4 Å². The number of carbonyl (C=O) groups is 2. The number of nitrogens with one attached hydrogen (secondary N) is 3. The van der Waals surface area contributed by atoms with E-state index in [9.17, 15) is 9.59 Å². The van der Waals surface area contributed by atoms with E-state index < -0.39 is 0 Å². The number of hydrogen-bond donors (Lipinski definition) is 3. The van der Waals surface area contributed by atoms with Gasteiger partial charge >= 0.3 is 0 Å². The Hall–Kier alpha value is -3.23. The van der Waals surface area contributed by atoms with Gasteiger partial charge in [-0.1, -0.05) is 30.3 Å². The van der Waals surface area contributed by atoms with Gasteiger partial charge in [0.25, 0.3) is 0 Å². The molecule has 1 atom stereocenters. The van der Waals surface area contributed by atoms with Gasteiger partial charge in [0.15, 0.2) is 0 Å². The average molecular weight is 421 g/mol. The van der Waals surface area contributed by atoms with E-state index in [0.717, 1.165) is 29.9 Å². The van der Waals surface area contributed by atoms with E-state index >= 15 is 0 Å². The number of amides is 2. The second-order valence-corrected chi connectivity index (χ2v) is 7.92. The number of aryl methyl sites for hydroxylation is 1. The maximum absolute atomic E-state index is 12.7. The van der Waals surface area contributed by atoms with Crippen LogP contribution in [0.2, 0.25) is 0 Å². The minimum atomic E-state index is -0.369. The maximum Gasteiger partial charge on any atom is 0.238 e. The van der Waals surface area contributed by atoms with E-state index in [0.29, 0.717) is 18.8 Å². The number of piperazine rings is 1. The molecule has 1 unspecified atom stereocenters. The predicted molar refractivity (Wildman–Crippen MR) is 121 cm³/mol. The molecule has 3 aromatic rings. The number of aromatic nitrogens is 2. The largest absolute Gasteiger partial charge is 0.358 e. The average Bonchev–Trinajstić information content (AvgIpc) is 3.14. The highest BCUT2D eigenvalue weighted by atomic mass is 16.2. The summed E-state index contributed by atoms with van der Waals surface area (Å²) in [5.74, 6) is 0.626. The van der Waals surface area contributed by atoms with E-state index in [1.807, 2.05) is 48.2 Å². The zero-order valence-corrected chi connectivity index (χ0v) is 17.9. The summed E-state index contributed by atoms with van der Waals surface area (Å²) in [6, 6.07) is 15.5. The van der Waals surface area contributed by atoms with Crippen LogP contribution in [0, 0.1) is 6.92 Å². The van der Waals surface area contributed by atoms with Gasteiger partial charge < -0.3 is 15.6 Å². The molecule has 0 bridgehead atoms. The van der Waals surface area contributed by atoms with Crippen LogP contribution in [0.1, 0.15) is 11.4 Å². The molecular formula is C23H28N6O2. The van der Waals surface area contributed by atoms with Crippen molar-refractivity contribution in [3.63, 3.8) is 0 Å². The molecule has 1 aliphatic heterocycles. The van der Waals surface area contributed by atoms with E-state index in [2.05, 4.69) is 37.6 Å². The second-order valence-electron chi connectivity index (χ2n) is 7.92. The summed E-state index contributed by atoms with van der Waals surface area (Å²) in [6.07, 6.45) is 0. The molecule has 1 aliphatic rings. The zero-order valence-electron chi connectivity index (χ0n) is 17.9. The third kappa shape index (κ3) is 5.10. The van der Waals surface area contributed by atoms with Gasteiger partial charge in [-0.2, -0.15) is 0 Å². The number of carbonyl (C=O) groups excluding carboxylic acids is 2. The molecule has 0 spiro atoms. The van der Waals surface area contributed by atoms with Crippen molar-refractivity contribution in [1.82, 2.24) is 25.1 Å². The lowest BCUT2D eigenvalue weighted by Crippen LogP contribution is -2.59. The quantitative estimate of drug-likeness (QED) is 0.565. The van der Waals surface area contributed by atoms with Crippen LogP contribution in [0.5, 0.6) is 0 Å². The maximum atomic E-state index is 12.7. The van der Waals surface area contributed by atoms with Gasteiger partial charge in [-0.15, -0.1) is 0 Å². The highest BCUT2D eigenvalue weighted by Gasteiger charge is 2.32. The number of rotatable bonds is 6. The summed E-state index contributed by atoms with van der Waals surface area (Å²) < 4.78 is 0. The van der Waals surface area contributed by atoms with Gasteiger partial charge in [-0.25, -0.2) is 4.98 Å². The number of fused-ring (bicyclic) bond motifs is 1. The van der Waals surface area contributed by atoms with Gasteiger partial charge in [0.1, 0.15) is 11.9 Å². The van der Waals surface area contributed by atoms with Crippen LogP contribution in [0.25, 0.3) is 11.0 Å². The molecule has 1 saturated heterocycles. The van der Waals surface area contributed by atoms with Crippen molar-refractivity contribution < 1.29 is 9.59 Å². The third-order valence-electron chi connectivity index (χ3n) is 5.60.